The third kappa shape index (κ3) is 2.69. The van der Waals surface area contributed by atoms with Crippen molar-refractivity contribution in [3.63, 3.8) is 0 Å². The summed E-state index contributed by atoms with van der Waals surface area (Å²) in [7, 11) is 1.83. The SMILES string of the molecule is CC1CC(C)C(C(N)=O)C(Cc2cn(C)nn2)N1. The van der Waals surface area contributed by atoms with Crippen molar-refractivity contribution in [2.45, 2.75) is 38.8 Å². The van der Waals surface area contributed by atoms with Gasteiger partial charge in [0.25, 0.3) is 0 Å². The molecule has 2 rings (SSSR count). The number of nitrogens with one attached hydrogen (secondary N) is 1. The molecule has 0 bridgehead atoms. The molecule has 1 aliphatic rings. The number of carbonyl (C=O) groups is 1. The van der Waals surface area contributed by atoms with Crippen LogP contribution in [0.15, 0.2) is 6.20 Å². The molecule has 2 heterocycles. The van der Waals surface area contributed by atoms with Gasteiger partial charge in [0.15, 0.2) is 0 Å². The van der Waals surface area contributed by atoms with Crippen LogP contribution in [0.4, 0.5) is 0 Å². The minimum absolute atomic E-state index is 0.0537. The molecule has 6 nitrogen and oxygen atoms in total. The van der Waals surface area contributed by atoms with Gasteiger partial charge < -0.3 is 11.1 Å². The molecule has 4 unspecified atom stereocenters. The molecule has 1 fully saturated rings. The number of nitrogens with two attached hydrogens (primary N) is 1. The molecule has 0 spiro atoms. The first kappa shape index (κ1) is 13.0. The maximum Gasteiger partial charge on any atom is 0.222 e. The minimum Gasteiger partial charge on any atom is -0.369 e. The normalized spacial score (nSPS) is 32.4. The Morgan fingerprint density at radius 1 is 1.61 bits per heavy atom. The average molecular weight is 251 g/mol. The Bertz CT molecular complexity index is 430. The molecule has 100 valence electrons. The van der Waals surface area contributed by atoms with E-state index in [4.69, 9.17) is 5.73 Å². The van der Waals surface area contributed by atoms with E-state index in [2.05, 4.69) is 29.5 Å². The molecular weight excluding hydrogens is 230 g/mol. The molecule has 18 heavy (non-hydrogen) atoms. The maximum absolute atomic E-state index is 11.6. The van der Waals surface area contributed by atoms with E-state index in [-0.39, 0.29) is 17.9 Å². The predicted molar refractivity (Wildman–Crippen MR) is 67.6 cm³/mol. The summed E-state index contributed by atoms with van der Waals surface area (Å²) in [5, 5.41) is 11.4. The van der Waals surface area contributed by atoms with Crippen LogP contribution in [0.3, 0.4) is 0 Å². The number of hydrogen-bond acceptors (Lipinski definition) is 4. The zero-order valence-corrected chi connectivity index (χ0v) is 11.1. The van der Waals surface area contributed by atoms with Gasteiger partial charge in [-0.25, -0.2) is 0 Å². The van der Waals surface area contributed by atoms with E-state index in [0.717, 1.165) is 12.1 Å². The van der Waals surface area contributed by atoms with Gasteiger partial charge >= 0.3 is 0 Å². The van der Waals surface area contributed by atoms with Crippen LogP contribution >= 0.6 is 0 Å². The summed E-state index contributed by atoms with van der Waals surface area (Å²) in [6.45, 7) is 4.23. The summed E-state index contributed by atoms with van der Waals surface area (Å²) in [6.07, 6.45) is 3.55. The first-order chi connectivity index (χ1) is 8.47. The van der Waals surface area contributed by atoms with E-state index in [0.29, 0.717) is 18.4 Å². The van der Waals surface area contributed by atoms with E-state index >= 15 is 0 Å². The monoisotopic (exact) mass is 251 g/mol. The van der Waals surface area contributed by atoms with Gasteiger partial charge in [0.2, 0.25) is 5.91 Å². The summed E-state index contributed by atoms with van der Waals surface area (Å²) in [5.74, 6) is -0.0561. The van der Waals surface area contributed by atoms with Gasteiger partial charge in [-0.3, -0.25) is 9.48 Å². The van der Waals surface area contributed by atoms with Gasteiger partial charge in [-0.2, -0.15) is 0 Å². The van der Waals surface area contributed by atoms with Crippen LogP contribution < -0.4 is 11.1 Å². The highest BCUT2D eigenvalue weighted by Gasteiger charge is 2.37. The summed E-state index contributed by atoms with van der Waals surface area (Å²) in [4.78, 5) is 11.6. The summed E-state index contributed by atoms with van der Waals surface area (Å²) in [6, 6.07) is 0.454. The highest BCUT2D eigenvalue weighted by atomic mass is 16.1. The van der Waals surface area contributed by atoms with Gasteiger partial charge in [-0.1, -0.05) is 12.1 Å². The summed E-state index contributed by atoms with van der Waals surface area (Å²) in [5.41, 5.74) is 6.42. The topological polar surface area (TPSA) is 85.8 Å². The van der Waals surface area contributed by atoms with E-state index in [1.165, 1.54) is 0 Å². The molecule has 4 atom stereocenters. The van der Waals surface area contributed by atoms with Crippen molar-refractivity contribution < 1.29 is 4.79 Å². The Labute approximate surface area is 107 Å². The Hall–Kier alpha value is -1.43. The Balaban J connectivity index is 2.14. The van der Waals surface area contributed by atoms with Gasteiger partial charge in [0.1, 0.15) is 0 Å². The first-order valence-corrected chi connectivity index (χ1v) is 6.38. The number of amides is 1. The van der Waals surface area contributed by atoms with Crippen molar-refractivity contribution in [3.8, 4) is 0 Å². The number of carbonyl (C=O) groups excluding carboxylic acids is 1. The van der Waals surface area contributed by atoms with Crippen LogP contribution in [-0.4, -0.2) is 33.0 Å². The Morgan fingerprint density at radius 2 is 2.33 bits per heavy atom. The fraction of sp³-hybridized carbons (Fsp3) is 0.750. The number of primary amides is 1. The lowest BCUT2D eigenvalue weighted by Crippen LogP contribution is -2.55. The van der Waals surface area contributed by atoms with Gasteiger partial charge in [-0.05, 0) is 19.3 Å². The van der Waals surface area contributed by atoms with Crippen LogP contribution in [-0.2, 0) is 18.3 Å². The molecule has 0 radical (unpaired) electrons. The van der Waals surface area contributed by atoms with Crippen molar-refractivity contribution >= 4 is 5.91 Å². The van der Waals surface area contributed by atoms with Crippen LogP contribution in [0.25, 0.3) is 0 Å². The molecule has 1 saturated heterocycles. The lowest BCUT2D eigenvalue weighted by molar-refractivity contribution is -0.125. The lowest BCUT2D eigenvalue weighted by Gasteiger charge is -2.38. The van der Waals surface area contributed by atoms with Crippen LogP contribution in [0, 0.1) is 11.8 Å². The van der Waals surface area contributed by atoms with Crippen LogP contribution in [0.5, 0.6) is 0 Å². The highest BCUT2D eigenvalue weighted by molar-refractivity contribution is 5.78. The van der Waals surface area contributed by atoms with Gasteiger partial charge in [0, 0.05) is 31.7 Å². The quantitative estimate of drug-likeness (QED) is 0.782. The second-order valence-corrected chi connectivity index (χ2v) is 5.40. The van der Waals surface area contributed by atoms with E-state index < -0.39 is 0 Å². The van der Waals surface area contributed by atoms with Gasteiger partial charge in [-0.15, -0.1) is 5.10 Å². The molecule has 1 amide bonds. The first-order valence-electron chi connectivity index (χ1n) is 6.38. The molecule has 3 N–H and O–H groups in total. The smallest absolute Gasteiger partial charge is 0.222 e. The maximum atomic E-state index is 11.6. The second-order valence-electron chi connectivity index (χ2n) is 5.40. The van der Waals surface area contributed by atoms with Crippen molar-refractivity contribution in [1.82, 2.24) is 20.3 Å². The summed E-state index contributed by atoms with van der Waals surface area (Å²) < 4.78 is 1.67. The number of hydrogen-bond donors (Lipinski definition) is 2. The average Bonchev–Trinajstić information content (AvgIpc) is 2.62. The van der Waals surface area contributed by atoms with Crippen molar-refractivity contribution in [1.29, 1.82) is 0 Å². The van der Waals surface area contributed by atoms with Crippen LogP contribution in [0.2, 0.25) is 0 Å². The summed E-state index contributed by atoms with van der Waals surface area (Å²) >= 11 is 0. The lowest BCUT2D eigenvalue weighted by atomic mass is 9.77. The Morgan fingerprint density at radius 3 is 2.89 bits per heavy atom. The molecule has 0 aliphatic carbocycles. The number of rotatable bonds is 3. The van der Waals surface area contributed by atoms with E-state index in [9.17, 15) is 4.79 Å². The van der Waals surface area contributed by atoms with Gasteiger partial charge in [0.05, 0.1) is 11.6 Å². The molecule has 1 aromatic rings. The fourth-order valence-corrected chi connectivity index (χ4v) is 3.02. The molecule has 0 saturated carbocycles. The van der Waals surface area contributed by atoms with Crippen molar-refractivity contribution in [3.05, 3.63) is 11.9 Å². The standard InChI is InChI=1S/C12H21N5O/c1-7-4-8(2)14-10(11(7)12(13)18)5-9-6-17(3)16-15-9/h6-8,10-11,14H,4-5H2,1-3H3,(H2,13,18). The zero-order valence-electron chi connectivity index (χ0n) is 11.1. The number of aromatic nitrogens is 3. The van der Waals surface area contributed by atoms with Crippen molar-refractivity contribution in [2.24, 2.45) is 24.6 Å². The molecule has 6 heteroatoms. The Kier molecular flexibility index (Phi) is 3.65. The minimum atomic E-state index is -0.226. The highest BCUT2D eigenvalue weighted by Crippen LogP contribution is 2.27. The number of piperidine rings is 1. The predicted octanol–water partition coefficient (Wildman–Crippen LogP) is -0.154. The number of aryl methyl sites for hydroxylation is 1. The molecule has 0 aromatic carbocycles. The van der Waals surface area contributed by atoms with Crippen molar-refractivity contribution in [2.75, 3.05) is 0 Å². The molecular formula is C12H21N5O. The molecule has 1 aliphatic heterocycles. The third-order valence-electron chi connectivity index (χ3n) is 3.68. The van der Waals surface area contributed by atoms with Crippen LogP contribution in [0.1, 0.15) is 26.0 Å². The second kappa shape index (κ2) is 5.06. The fourth-order valence-electron chi connectivity index (χ4n) is 3.02. The molecule has 1 aromatic heterocycles. The largest absolute Gasteiger partial charge is 0.369 e. The number of nitrogens with zero attached hydrogens (tertiary/aromatic N) is 3. The van der Waals surface area contributed by atoms with E-state index in [1.807, 2.05) is 13.2 Å². The zero-order chi connectivity index (χ0) is 13.3. The van der Waals surface area contributed by atoms with E-state index in [1.54, 1.807) is 4.68 Å². The third-order valence-corrected chi connectivity index (χ3v) is 3.68.